The van der Waals surface area contributed by atoms with E-state index in [2.05, 4.69) is 0 Å². The van der Waals surface area contributed by atoms with Gasteiger partial charge in [-0.3, -0.25) is 4.79 Å². The van der Waals surface area contributed by atoms with Gasteiger partial charge in [0.25, 0.3) is 0 Å². The number of hydrogen-bond acceptors (Lipinski definition) is 3. The van der Waals surface area contributed by atoms with Crippen molar-refractivity contribution in [1.82, 2.24) is 0 Å². The number of alkyl halides is 3. The molecule has 4 rings (SSSR count). The summed E-state index contributed by atoms with van der Waals surface area (Å²) in [6, 6.07) is 9.42. The Kier molecular flexibility index (Phi) is 4.25. The number of ether oxygens (including phenoxy) is 2. The lowest BCUT2D eigenvalue weighted by Crippen LogP contribution is -2.41. The standard InChI is InChI=1S/C20H18F3NO3/c1-26-16-7-2-4-12-8-9-13(17(12)16)19(25)24-10-11-27-18-14(20(21,22)23)5-3-6-15(18)24/h2-7,13H,8-11H2,1H3. The molecule has 0 radical (unpaired) electrons. The van der Waals surface area contributed by atoms with Gasteiger partial charge in [0.2, 0.25) is 5.91 Å². The molecule has 4 nitrogen and oxygen atoms in total. The zero-order chi connectivity index (χ0) is 19.2. The number of anilines is 1. The molecule has 1 unspecified atom stereocenters. The SMILES string of the molecule is COc1cccc2c1C(C(=O)N1CCOc3c1cccc3C(F)(F)F)CC2. The molecule has 2 aliphatic rings. The first-order chi connectivity index (χ1) is 12.9. The Morgan fingerprint density at radius 3 is 2.74 bits per heavy atom. The molecule has 1 aliphatic heterocycles. The summed E-state index contributed by atoms with van der Waals surface area (Å²) >= 11 is 0. The summed E-state index contributed by atoms with van der Waals surface area (Å²) in [7, 11) is 1.55. The largest absolute Gasteiger partial charge is 0.496 e. The number of fused-ring (bicyclic) bond motifs is 2. The van der Waals surface area contributed by atoms with Crippen molar-refractivity contribution >= 4 is 11.6 Å². The Morgan fingerprint density at radius 2 is 2.00 bits per heavy atom. The lowest BCUT2D eigenvalue weighted by molar-refractivity contribution is -0.139. The first-order valence-corrected chi connectivity index (χ1v) is 8.72. The van der Waals surface area contributed by atoms with Crippen LogP contribution in [0, 0.1) is 0 Å². The highest BCUT2D eigenvalue weighted by Gasteiger charge is 2.40. The second-order valence-corrected chi connectivity index (χ2v) is 6.61. The molecule has 1 amide bonds. The monoisotopic (exact) mass is 377 g/mol. The van der Waals surface area contributed by atoms with Gasteiger partial charge in [0.1, 0.15) is 12.4 Å². The van der Waals surface area contributed by atoms with Gasteiger partial charge >= 0.3 is 6.18 Å². The number of halogens is 3. The second-order valence-electron chi connectivity index (χ2n) is 6.61. The third-order valence-electron chi connectivity index (χ3n) is 5.14. The van der Waals surface area contributed by atoms with E-state index in [9.17, 15) is 18.0 Å². The van der Waals surface area contributed by atoms with Crippen molar-refractivity contribution < 1.29 is 27.4 Å². The molecular weight excluding hydrogens is 359 g/mol. The number of carbonyl (C=O) groups excluding carboxylic acids is 1. The van der Waals surface area contributed by atoms with Crippen LogP contribution in [-0.4, -0.2) is 26.2 Å². The summed E-state index contributed by atoms with van der Waals surface area (Å²) in [5.41, 5.74) is 1.20. The summed E-state index contributed by atoms with van der Waals surface area (Å²) in [6.45, 7) is 0.242. The predicted molar refractivity (Wildman–Crippen MR) is 93.3 cm³/mol. The highest BCUT2D eigenvalue weighted by atomic mass is 19.4. The third kappa shape index (κ3) is 2.91. The number of amides is 1. The number of carbonyl (C=O) groups is 1. The maximum absolute atomic E-state index is 13.3. The molecule has 142 valence electrons. The first-order valence-electron chi connectivity index (χ1n) is 8.72. The number of hydrogen-bond donors (Lipinski definition) is 0. The maximum atomic E-state index is 13.3. The summed E-state index contributed by atoms with van der Waals surface area (Å²) < 4.78 is 50.6. The highest BCUT2D eigenvalue weighted by Crippen LogP contribution is 2.46. The van der Waals surface area contributed by atoms with E-state index in [-0.39, 0.29) is 30.5 Å². The molecule has 1 heterocycles. The molecule has 1 aliphatic carbocycles. The Labute approximate surface area is 154 Å². The minimum Gasteiger partial charge on any atom is -0.496 e. The van der Waals surface area contributed by atoms with E-state index in [1.165, 1.54) is 17.0 Å². The smallest absolute Gasteiger partial charge is 0.420 e. The molecule has 0 spiro atoms. The van der Waals surface area contributed by atoms with E-state index in [0.717, 1.165) is 23.6 Å². The van der Waals surface area contributed by atoms with Crippen LogP contribution in [-0.2, 0) is 17.4 Å². The van der Waals surface area contributed by atoms with Crippen LogP contribution in [0.2, 0.25) is 0 Å². The van der Waals surface area contributed by atoms with E-state index >= 15 is 0 Å². The van der Waals surface area contributed by atoms with Crippen LogP contribution in [0.5, 0.6) is 11.5 Å². The predicted octanol–water partition coefficient (Wildman–Crippen LogP) is 4.17. The van der Waals surface area contributed by atoms with E-state index in [1.54, 1.807) is 13.2 Å². The number of nitrogens with zero attached hydrogens (tertiary/aromatic N) is 1. The molecule has 0 fully saturated rings. The summed E-state index contributed by atoms with van der Waals surface area (Å²) in [6.07, 6.45) is -3.19. The van der Waals surface area contributed by atoms with Crippen LogP contribution in [0.3, 0.4) is 0 Å². The average Bonchev–Trinajstić information content (AvgIpc) is 3.10. The molecule has 0 saturated heterocycles. The van der Waals surface area contributed by atoms with E-state index in [1.807, 2.05) is 12.1 Å². The van der Waals surface area contributed by atoms with Crippen molar-refractivity contribution in [2.24, 2.45) is 0 Å². The number of benzene rings is 2. The van der Waals surface area contributed by atoms with Gasteiger partial charge in [-0.2, -0.15) is 13.2 Å². The van der Waals surface area contributed by atoms with Gasteiger partial charge in [0, 0.05) is 5.56 Å². The van der Waals surface area contributed by atoms with Crippen molar-refractivity contribution in [1.29, 1.82) is 0 Å². The highest BCUT2D eigenvalue weighted by molar-refractivity contribution is 6.01. The second kappa shape index (κ2) is 6.48. The zero-order valence-corrected chi connectivity index (χ0v) is 14.7. The molecule has 0 aromatic heterocycles. The van der Waals surface area contributed by atoms with Crippen molar-refractivity contribution in [2.75, 3.05) is 25.2 Å². The molecule has 2 aromatic rings. The van der Waals surface area contributed by atoms with Gasteiger partial charge in [0.05, 0.1) is 30.8 Å². The van der Waals surface area contributed by atoms with Crippen molar-refractivity contribution in [3.8, 4) is 11.5 Å². The number of rotatable bonds is 2. The number of methoxy groups -OCH3 is 1. The van der Waals surface area contributed by atoms with Crippen LogP contribution >= 0.6 is 0 Å². The van der Waals surface area contributed by atoms with Crippen molar-refractivity contribution in [3.05, 3.63) is 53.1 Å². The van der Waals surface area contributed by atoms with Crippen molar-refractivity contribution in [3.63, 3.8) is 0 Å². The van der Waals surface area contributed by atoms with Gasteiger partial charge in [-0.1, -0.05) is 18.2 Å². The molecule has 7 heteroatoms. The molecule has 0 saturated carbocycles. The van der Waals surface area contributed by atoms with Crippen LogP contribution < -0.4 is 14.4 Å². The Bertz CT molecular complexity index is 895. The fraction of sp³-hybridized carbons (Fsp3) is 0.350. The fourth-order valence-electron chi connectivity index (χ4n) is 3.96. The quantitative estimate of drug-likeness (QED) is 0.789. The third-order valence-corrected chi connectivity index (χ3v) is 5.14. The molecular formula is C20H18F3NO3. The lowest BCUT2D eigenvalue weighted by atomic mass is 9.97. The minimum atomic E-state index is -4.54. The Balaban J connectivity index is 1.73. The molecule has 2 aromatic carbocycles. The van der Waals surface area contributed by atoms with Gasteiger partial charge < -0.3 is 14.4 Å². The maximum Gasteiger partial charge on any atom is 0.420 e. The summed E-state index contributed by atoms with van der Waals surface area (Å²) in [5, 5.41) is 0. The minimum absolute atomic E-state index is 0.0251. The Hall–Kier alpha value is -2.70. The van der Waals surface area contributed by atoms with Crippen LogP contribution in [0.25, 0.3) is 0 Å². The van der Waals surface area contributed by atoms with Crippen LogP contribution in [0.15, 0.2) is 36.4 Å². The molecule has 0 N–H and O–H groups in total. The fourth-order valence-corrected chi connectivity index (χ4v) is 3.96. The summed E-state index contributed by atoms with van der Waals surface area (Å²) in [5.74, 6) is -0.289. The van der Waals surface area contributed by atoms with Crippen LogP contribution in [0.1, 0.15) is 29.0 Å². The summed E-state index contributed by atoms with van der Waals surface area (Å²) in [4.78, 5) is 14.7. The van der Waals surface area contributed by atoms with Gasteiger partial charge in [-0.25, -0.2) is 0 Å². The molecule has 1 atom stereocenters. The van der Waals surface area contributed by atoms with E-state index < -0.39 is 17.7 Å². The van der Waals surface area contributed by atoms with Gasteiger partial charge in [0.15, 0.2) is 5.75 Å². The molecule has 27 heavy (non-hydrogen) atoms. The lowest BCUT2D eigenvalue weighted by Gasteiger charge is -2.33. The number of aryl methyl sites for hydroxylation is 1. The van der Waals surface area contributed by atoms with E-state index in [4.69, 9.17) is 9.47 Å². The topological polar surface area (TPSA) is 38.8 Å². The first kappa shape index (κ1) is 17.7. The number of para-hydroxylation sites is 1. The van der Waals surface area contributed by atoms with Crippen LogP contribution in [0.4, 0.5) is 18.9 Å². The average molecular weight is 377 g/mol. The Morgan fingerprint density at radius 1 is 1.22 bits per heavy atom. The normalized spacial score (nSPS) is 18.5. The van der Waals surface area contributed by atoms with Gasteiger partial charge in [-0.15, -0.1) is 0 Å². The molecule has 0 bridgehead atoms. The zero-order valence-electron chi connectivity index (χ0n) is 14.7. The van der Waals surface area contributed by atoms with Gasteiger partial charge in [-0.05, 0) is 36.6 Å². The van der Waals surface area contributed by atoms with E-state index in [0.29, 0.717) is 12.2 Å². The van der Waals surface area contributed by atoms with Crippen molar-refractivity contribution in [2.45, 2.75) is 24.9 Å².